The van der Waals surface area contributed by atoms with Gasteiger partial charge < -0.3 is 18.8 Å². The fourth-order valence-corrected chi connectivity index (χ4v) is 16.2. The SMILES string of the molecule is [2H]c1c([2H])c([2H])c(-c2ccc3c(c2)N(c2ccc(-c4ccccc4)cc2)c2c4c(cc5c2c2cccc6c7ccccc7c7ccccc7c7ccccc7n5c62)N(c2c(-c5ccccc5)cc(C(C)(C)C)cc2-c2ccccc2)c2cc(-n5c6c([2H])c([2H])c([2H])c([2H])c6c6c([2H])c([2H])c([2H])c([2H])c65)ccc2B34)c([2H])c1[2H]. The van der Waals surface area contributed by atoms with Crippen LogP contribution in [0.1, 0.15) is 44.2 Å². The topological polar surface area (TPSA) is 15.8 Å². The third-order valence-corrected chi connectivity index (χ3v) is 20.5. The quantitative estimate of drug-likeness (QED) is 0.148. The molecule has 0 saturated carbocycles. The van der Waals surface area contributed by atoms with Gasteiger partial charge in [0.2, 0.25) is 0 Å². The molecule has 0 atom stereocenters. The average Bonchev–Trinajstić information content (AvgIpc) is 1.30. The van der Waals surface area contributed by atoms with Crippen LogP contribution >= 0.6 is 0 Å². The number of nitrogens with zero attached hydrogens (tertiary/aromatic N) is 4. The van der Waals surface area contributed by atoms with Gasteiger partial charge in [0, 0.05) is 71.9 Å². The molecule has 0 radical (unpaired) electrons. The Kier molecular flexibility index (Phi) is 10.0. The Morgan fingerprint density at radius 3 is 1.42 bits per heavy atom. The number of fused-ring (bicyclic) bond motifs is 18. The summed E-state index contributed by atoms with van der Waals surface area (Å²) in [5.41, 5.74) is 16.5. The first-order chi connectivity index (χ1) is 54.2. The van der Waals surface area contributed by atoms with Crippen molar-refractivity contribution >= 4 is 139 Å². The number of hydrogen-bond donors (Lipinski definition) is 0. The maximum absolute atomic E-state index is 9.89. The predicted molar refractivity (Wildman–Crippen MR) is 423 cm³/mol. The minimum Gasteiger partial charge on any atom is -0.311 e. The average molecular weight is 1270 g/mol. The number of anilines is 6. The second-order valence-electron chi connectivity index (χ2n) is 26.9. The van der Waals surface area contributed by atoms with Gasteiger partial charge in [-0.3, -0.25) is 0 Å². The molecule has 2 aliphatic rings. The summed E-state index contributed by atoms with van der Waals surface area (Å²) in [5.74, 6) is 0. The minimum atomic E-state index is -0.721. The highest BCUT2D eigenvalue weighted by atomic mass is 15.2. The number of hydrogen-bond acceptors (Lipinski definition) is 2. The molecule has 2 aliphatic heterocycles. The lowest BCUT2D eigenvalue weighted by Gasteiger charge is -2.45. The smallest absolute Gasteiger partial charge is 0.252 e. The Bertz CT molecular complexity index is 7060. The van der Waals surface area contributed by atoms with Crippen LogP contribution in [0, 0.1) is 0 Å². The third-order valence-electron chi connectivity index (χ3n) is 20.5. The second-order valence-corrected chi connectivity index (χ2v) is 26.9. The van der Waals surface area contributed by atoms with Crippen LogP contribution in [0.4, 0.5) is 34.1 Å². The molecular formula is C94H65BN4. The Balaban J connectivity index is 1.05. The number of benzene rings is 15. The van der Waals surface area contributed by atoms with Crippen molar-refractivity contribution < 1.29 is 17.8 Å². The van der Waals surface area contributed by atoms with E-state index < -0.39 is 78.6 Å². The third kappa shape index (κ3) is 8.67. The van der Waals surface area contributed by atoms with Gasteiger partial charge in [-0.1, -0.05) is 293 Å². The van der Waals surface area contributed by atoms with Crippen LogP contribution in [-0.4, -0.2) is 15.7 Å². The lowest BCUT2D eigenvalue weighted by atomic mass is 9.33. The maximum Gasteiger partial charge on any atom is 0.252 e. The maximum atomic E-state index is 9.89. The van der Waals surface area contributed by atoms with Gasteiger partial charge in [-0.25, -0.2) is 0 Å². The van der Waals surface area contributed by atoms with E-state index in [1.807, 2.05) is 60.7 Å². The van der Waals surface area contributed by atoms with E-state index in [1.165, 1.54) is 0 Å². The largest absolute Gasteiger partial charge is 0.311 e. The molecule has 5 heteroatoms. The van der Waals surface area contributed by atoms with Crippen LogP contribution in [0.3, 0.4) is 0 Å². The molecule has 0 N–H and O–H groups in total. The van der Waals surface area contributed by atoms with Crippen molar-refractivity contribution in [2.75, 3.05) is 9.80 Å². The van der Waals surface area contributed by atoms with Crippen molar-refractivity contribution in [1.29, 1.82) is 0 Å². The molecule has 0 aliphatic carbocycles. The lowest BCUT2D eigenvalue weighted by molar-refractivity contribution is 0.591. The van der Waals surface area contributed by atoms with E-state index in [1.54, 1.807) is 4.57 Å². The summed E-state index contributed by atoms with van der Waals surface area (Å²) in [4.78, 5) is 4.70. The summed E-state index contributed by atoms with van der Waals surface area (Å²) in [6, 6.07) is 84.7. The lowest BCUT2D eigenvalue weighted by Crippen LogP contribution is -2.61. The monoisotopic (exact) mass is 1270 g/mol. The summed E-state index contributed by atoms with van der Waals surface area (Å²) in [6.45, 7) is 5.94. The molecule has 20 rings (SSSR count). The zero-order valence-electron chi connectivity index (χ0n) is 67.2. The fourth-order valence-electron chi connectivity index (χ4n) is 16.2. The van der Waals surface area contributed by atoms with Gasteiger partial charge in [0.05, 0.1) is 56.8 Å². The number of aromatic nitrogens is 2. The van der Waals surface area contributed by atoms with Crippen LogP contribution in [0.5, 0.6) is 0 Å². The highest BCUT2D eigenvalue weighted by Crippen LogP contribution is 2.55. The standard InChI is InChI=1S/C94H65BN4/c1-94(2,3)66-56-78(63-31-12-6-13-32-63)92(79(57-66)64-33-14-7-15-34-64)99-86-58-68(96-82-44-23-21-40-74(82)75-41-22-24-45-83(75)96)52-54-81(86)95-80-53-49-65(61-29-10-5-11-30-61)55-85(80)97(67-50-47-62(48-51-67)60-27-8-4-9-28-60)93-89-77-43-26-42-76-72-38-19-17-36-70(72)69-35-16-18-37-71(69)73-39-20-25-46-84(73)98(91(76)77)87(89)59-88(99)90(93)95/h4-59H,1-3H3/i5D,10D,11D,21D,22D,23D,24D,29D,30D,40D,41D,44D,45D. The van der Waals surface area contributed by atoms with E-state index in [0.29, 0.717) is 22.6 Å². The Labute approximate surface area is 593 Å². The first-order valence-electron chi connectivity index (χ1n) is 40.0. The molecule has 464 valence electrons. The van der Waals surface area contributed by atoms with Crippen LogP contribution in [0.2, 0.25) is 0 Å². The Hall–Kier alpha value is -12.4. The molecule has 15 aromatic carbocycles. The minimum absolute atomic E-state index is 0.0270. The molecule has 0 fully saturated rings. The molecule has 0 spiro atoms. The molecule has 18 aromatic rings. The van der Waals surface area contributed by atoms with Crippen molar-refractivity contribution in [3.63, 3.8) is 0 Å². The van der Waals surface area contributed by atoms with E-state index >= 15 is 0 Å². The van der Waals surface area contributed by atoms with Gasteiger partial charge in [-0.2, -0.15) is 0 Å². The van der Waals surface area contributed by atoms with E-state index in [2.05, 4.69) is 235 Å². The predicted octanol–water partition coefficient (Wildman–Crippen LogP) is 23.4. The van der Waals surface area contributed by atoms with E-state index in [0.717, 1.165) is 138 Å². The van der Waals surface area contributed by atoms with Gasteiger partial charge in [0.15, 0.2) is 0 Å². The number of rotatable bonds is 7. The molecular weight excluding hydrogens is 1200 g/mol. The van der Waals surface area contributed by atoms with Crippen LogP contribution < -0.4 is 26.2 Å². The van der Waals surface area contributed by atoms with E-state index in [4.69, 9.17) is 6.85 Å². The Morgan fingerprint density at radius 1 is 0.313 bits per heavy atom. The van der Waals surface area contributed by atoms with Gasteiger partial charge >= 0.3 is 0 Å². The van der Waals surface area contributed by atoms with Crippen molar-refractivity contribution in [1.82, 2.24) is 8.97 Å². The van der Waals surface area contributed by atoms with Crippen LogP contribution in [0.25, 0.3) is 132 Å². The summed E-state index contributed by atoms with van der Waals surface area (Å²) in [5, 5.41) is 7.89. The van der Waals surface area contributed by atoms with Crippen molar-refractivity contribution in [3.8, 4) is 50.2 Å². The summed E-state index contributed by atoms with van der Waals surface area (Å²) in [6.07, 6.45) is 0. The molecule has 0 unspecified atom stereocenters. The van der Waals surface area contributed by atoms with Crippen LogP contribution in [-0.2, 0) is 5.41 Å². The van der Waals surface area contributed by atoms with Gasteiger partial charge in [-0.05, 0) is 149 Å². The second kappa shape index (κ2) is 22.1. The van der Waals surface area contributed by atoms with E-state index in [9.17, 15) is 11.0 Å². The normalized spacial score (nSPS) is 14.6. The molecule has 0 saturated heterocycles. The highest BCUT2D eigenvalue weighted by Gasteiger charge is 2.46. The fraction of sp³-hybridized carbons (Fsp3) is 0.0426. The summed E-state index contributed by atoms with van der Waals surface area (Å²) in [7, 11) is 0. The molecule has 4 nitrogen and oxygen atoms in total. The summed E-state index contributed by atoms with van der Waals surface area (Å²) >= 11 is 0. The first-order valence-corrected chi connectivity index (χ1v) is 33.5. The van der Waals surface area contributed by atoms with Gasteiger partial charge in [0.25, 0.3) is 6.71 Å². The van der Waals surface area contributed by atoms with Crippen molar-refractivity contribution in [2.45, 2.75) is 26.2 Å². The Morgan fingerprint density at radius 2 is 0.798 bits per heavy atom. The summed E-state index contributed by atoms with van der Waals surface area (Å²) < 4.78 is 126. The molecule has 0 bridgehead atoms. The molecule has 99 heavy (non-hydrogen) atoms. The molecule has 0 amide bonds. The van der Waals surface area contributed by atoms with Gasteiger partial charge in [-0.15, -0.1) is 0 Å². The highest BCUT2D eigenvalue weighted by molar-refractivity contribution is 7.00. The zero-order valence-corrected chi connectivity index (χ0v) is 54.2. The number of para-hydroxylation sites is 4. The first kappa shape index (κ1) is 45.1. The van der Waals surface area contributed by atoms with Crippen LogP contribution in [0.15, 0.2) is 339 Å². The van der Waals surface area contributed by atoms with Crippen molar-refractivity contribution in [2.24, 2.45) is 0 Å². The van der Waals surface area contributed by atoms with Crippen molar-refractivity contribution in [3.05, 3.63) is 345 Å². The molecule has 5 heterocycles. The molecule has 3 aromatic heterocycles. The van der Waals surface area contributed by atoms with E-state index in [-0.39, 0.29) is 39.5 Å². The zero-order chi connectivity index (χ0) is 76.9. The van der Waals surface area contributed by atoms with Gasteiger partial charge in [0.1, 0.15) is 0 Å².